The molecule has 0 amide bonds. The Hall–Kier alpha value is -2.26. The van der Waals surface area contributed by atoms with Gasteiger partial charge < -0.3 is 10.1 Å². The number of para-hydroxylation sites is 1. The summed E-state index contributed by atoms with van der Waals surface area (Å²) in [6, 6.07) is 17.4. The molecule has 2 atom stereocenters. The van der Waals surface area contributed by atoms with Gasteiger partial charge in [0.05, 0.1) is 0 Å². The SMILES string of the molecule is Oc1cccc([C@]23CCN(CC4CC4)[C@H](Cc4[nH]c5ccccc5c42)C3)c1. The van der Waals surface area contributed by atoms with Gasteiger partial charge in [-0.15, -0.1) is 0 Å². The lowest BCUT2D eigenvalue weighted by molar-refractivity contribution is 0.0912. The van der Waals surface area contributed by atoms with E-state index in [1.807, 2.05) is 12.1 Å². The van der Waals surface area contributed by atoms with Gasteiger partial charge in [-0.05, 0) is 67.5 Å². The molecule has 0 radical (unpaired) electrons. The van der Waals surface area contributed by atoms with Gasteiger partial charge in [0.15, 0.2) is 0 Å². The molecule has 2 bridgehead atoms. The zero-order valence-electron chi connectivity index (χ0n) is 15.6. The van der Waals surface area contributed by atoms with Gasteiger partial charge in [0, 0.05) is 41.0 Å². The molecule has 2 aromatic carbocycles. The van der Waals surface area contributed by atoms with E-state index in [0.29, 0.717) is 11.8 Å². The predicted molar refractivity (Wildman–Crippen MR) is 108 cm³/mol. The summed E-state index contributed by atoms with van der Waals surface area (Å²) in [5.41, 5.74) is 5.45. The van der Waals surface area contributed by atoms with Crippen LogP contribution in [0.5, 0.6) is 5.75 Å². The molecule has 6 rings (SSSR count). The first-order chi connectivity index (χ1) is 13.2. The Morgan fingerprint density at radius 2 is 2.00 bits per heavy atom. The quantitative estimate of drug-likeness (QED) is 0.719. The number of phenolic OH excluding ortho intramolecular Hbond substituents is 1. The topological polar surface area (TPSA) is 39.3 Å². The first-order valence-electron chi connectivity index (χ1n) is 10.4. The molecule has 2 fully saturated rings. The van der Waals surface area contributed by atoms with E-state index in [9.17, 15) is 5.11 Å². The first-order valence-corrected chi connectivity index (χ1v) is 10.4. The Bertz CT molecular complexity index is 1020. The molecule has 1 saturated carbocycles. The van der Waals surface area contributed by atoms with E-state index < -0.39 is 0 Å². The Balaban J connectivity index is 1.54. The number of likely N-dealkylation sites (tertiary alicyclic amines) is 1. The van der Waals surface area contributed by atoms with Crippen LogP contribution in [-0.4, -0.2) is 34.1 Å². The van der Waals surface area contributed by atoms with Gasteiger partial charge in [0.1, 0.15) is 5.75 Å². The number of phenols is 1. The number of H-pyrrole nitrogens is 1. The molecular weight excluding hydrogens is 332 g/mol. The van der Waals surface area contributed by atoms with E-state index in [1.54, 1.807) is 6.07 Å². The Morgan fingerprint density at radius 1 is 1.11 bits per heavy atom. The van der Waals surface area contributed by atoms with E-state index in [0.717, 1.165) is 31.7 Å². The number of nitrogens with one attached hydrogen (secondary N) is 1. The highest BCUT2D eigenvalue weighted by Gasteiger charge is 2.49. The number of rotatable bonds is 3. The Labute approximate surface area is 160 Å². The van der Waals surface area contributed by atoms with Crippen molar-refractivity contribution in [3.8, 4) is 5.75 Å². The van der Waals surface area contributed by atoms with Gasteiger partial charge in [-0.1, -0.05) is 30.3 Å². The average molecular weight is 358 g/mol. The highest BCUT2D eigenvalue weighted by Crippen LogP contribution is 2.52. The van der Waals surface area contributed by atoms with Crippen LogP contribution in [0.15, 0.2) is 48.5 Å². The number of fused-ring (bicyclic) bond motifs is 6. The summed E-state index contributed by atoms with van der Waals surface area (Å²) in [6.45, 7) is 2.44. The minimum Gasteiger partial charge on any atom is -0.508 e. The number of aromatic nitrogens is 1. The van der Waals surface area contributed by atoms with Crippen molar-refractivity contribution >= 4 is 10.9 Å². The summed E-state index contributed by atoms with van der Waals surface area (Å²) in [6.07, 6.45) is 6.25. The van der Waals surface area contributed by atoms with Crippen molar-refractivity contribution in [2.75, 3.05) is 13.1 Å². The van der Waals surface area contributed by atoms with Crippen molar-refractivity contribution < 1.29 is 5.11 Å². The number of benzene rings is 2. The molecular formula is C24H26N2O. The molecule has 27 heavy (non-hydrogen) atoms. The molecule has 2 N–H and O–H groups in total. The normalized spacial score (nSPS) is 27.6. The van der Waals surface area contributed by atoms with Gasteiger partial charge >= 0.3 is 0 Å². The maximum atomic E-state index is 10.2. The van der Waals surface area contributed by atoms with Crippen LogP contribution < -0.4 is 0 Å². The molecule has 2 heterocycles. The number of aromatic amines is 1. The Kier molecular flexibility index (Phi) is 3.28. The number of hydrogen-bond donors (Lipinski definition) is 2. The fourth-order valence-electron chi connectivity index (χ4n) is 5.79. The fraction of sp³-hybridized carbons (Fsp3) is 0.417. The zero-order valence-corrected chi connectivity index (χ0v) is 15.6. The lowest BCUT2D eigenvalue weighted by atomic mass is 9.61. The third-order valence-electron chi connectivity index (χ3n) is 7.22. The van der Waals surface area contributed by atoms with E-state index in [2.05, 4.69) is 40.2 Å². The average Bonchev–Trinajstić information content (AvgIpc) is 3.42. The van der Waals surface area contributed by atoms with E-state index in [1.165, 1.54) is 47.1 Å². The second-order valence-corrected chi connectivity index (χ2v) is 8.91. The number of aromatic hydroxyl groups is 1. The zero-order chi connectivity index (χ0) is 18.0. The van der Waals surface area contributed by atoms with Crippen LogP contribution in [0.2, 0.25) is 0 Å². The minimum atomic E-state index is 0.0106. The van der Waals surface area contributed by atoms with Gasteiger partial charge in [-0.2, -0.15) is 0 Å². The molecule has 1 saturated heterocycles. The summed E-state index contributed by atoms with van der Waals surface area (Å²) < 4.78 is 0. The van der Waals surface area contributed by atoms with Crippen molar-refractivity contribution in [2.24, 2.45) is 5.92 Å². The molecule has 1 aromatic heterocycles. The maximum absolute atomic E-state index is 10.2. The van der Waals surface area contributed by atoms with Crippen molar-refractivity contribution in [3.05, 3.63) is 65.4 Å². The number of piperidine rings is 1. The molecule has 0 unspecified atom stereocenters. The third-order valence-corrected chi connectivity index (χ3v) is 7.22. The largest absolute Gasteiger partial charge is 0.508 e. The fourth-order valence-corrected chi connectivity index (χ4v) is 5.79. The molecule has 3 aromatic rings. The lowest BCUT2D eigenvalue weighted by Gasteiger charge is -2.51. The van der Waals surface area contributed by atoms with Crippen LogP contribution in [-0.2, 0) is 11.8 Å². The molecule has 3 nitrogen and oxygen atoms in total. The number of nitrogens with zero attached hydrogens (tertiary/aromatic N) is 1. The van der Waals surface area contributed by atoms with Crippen LogP contribution >= 0.6 is 0 Å². The van der Waals surface area contributed by atoms with E-state index in [4.69, 9.17) is 0 Å². The van der Waals surface area contributed by atoms with Gasteiger partial charge in [-0.25, -0.2) is 0 Å². The van der Waals surface area contributed by atoms with Crippen molar-refractivity contribution in [3.63, 3.8) is 0 Å². The maximum Gasteiger partial charge on any atom is 0.115 e. The van der Waals surface area contributed by atoms with Crippen LogP contribution in [0.3, 0.4) is 0 Å². The monoisotopic (exact) mass is 358 g/mol. The highest BCUT2D eigenvalue weighted by molar-refractivity contribution is 5.87. The molecule has 3 heteroatoms. The molecule has 0 spiro atoms. The molecule has 3 aliphatic rings. The smallest absolute Gasteiger partial charge is 0.115 e. The second kappa shape index (κ2) is 5.62. The standard InChI is InChI=1S/C24H26N2O/c27-19-5-3-4-17(12-19)24-10-11-26(15-16-8-9-16)18(14-24)13-22-23(24)20-6-1-2-7-21(20)25-22/h1-7,12,16,18,25,27H,8-11,13-15H2/t18-,24-/m1/s1. The van der Waals surface area contributed by atoms with Crippen LogP contribution in [0.4, 0.5) is 0 Å². The molecule has 138 valence electrons. The van der Waals surface area contributed by atoms with Crippen molar-refractivity contribution in [1.82, 2.24) is 9.88 Å². The summed E-state index contributed by atoms with van der Waals surface area (Å²) in [5.74, 6) is 1.31. The second-order valence-electron chi connectivity index (χ2n) is 8.91. The Morgan fingerprint density at radius 3 is 2.85 bits per heavy atom. The van der Waals surface area contributed by atoms with E-state index in [-0.39, 0.29) is 5.41 Å². The van der Waals surface area contributed by atoms with Crippen LogP contribution in [0, 0.1) is 5.92 Å². The van der Waals surface area contributed by atoms with Gasteiger partial charge in [0.25, 0.3) is 0 Å². The summed E-state index contributed by atoms with van der Waals surface area (Å²) in [5, 5.41) is 11.6. The van der Waals surface area contributed by atoms with Gasteiger partial charge in [0.2, 0.25) is 0 Å². The van der Waals surface area contributed by atoms with E-state index >= 15 is 0 Å². The first kappa shape index (κ1) is 15.8. The molecule has 1 aliphatic heterocycles. The van der Waals surface area contributed by atoms with Crippen molar-refractivity contribution in [2.45, 2.75) is 43.6 Å². The minimum absolute atomic E-state index is 0.0106. The van der Waals surface area contributed by atoms with Crippen LogP contribution in [0.25, 0.3) is 10.9 Å². The third kappa shape index (κ3) is 2.37. The molecule has 2 aliphatic carbocycles. The summed E-state index contributed by atoms with van der Waals surface area (Å²) in [7, 11) is 0. The summed E-state index contributed by atoms with van der Waals surface area (Å²) in [4.78, 5) is 6.51. The van der Waals surface area contributed by atoms with Gasteiger partial charge in [-0.3, -0.25) is 4.90 Å². The lowest BCUT2D eigenvalue weighted by Crippen LogP contribution is -2.54. The highest BCUT2D eigenvalue weighted by atomic mass is 16.3. The van der Waals surface area contributed by atoms with Crippen molar-refractivity contribution in [1.29, 1.82) is 0 Å². The number of hydrogen-bond acceptors (Lipinski definition) is 2. The van der Waals surface area contributed by atoms with Crippen LogP contribution in [0.1, 0.15) is 42.5 Å². The summed E-state index contributed by atoms with van der Waals surface area (Å²) >= 11 is 0. The predicted octanol–water partition coefficient (Wildman–Crippen LogP) is 4.59.